The van der Waals surface area contributed by atoms with Gasteiger partial charge in [0.2, 0.25) is 6.03 Å². The number of nitrogens with one attached hydrogen (secondary N) is 1. The second-order valence-corrected chi connectivity index (χ2v) is 8.72. The SMILES string of the molecule is CCOC(OCC)P(=O)(O)C[C@@H]1CN[C@H](Cc2cccc(C(=O)O)c2)CO1. The van der Waals surface area contributed by atoms with E-state index in [9.17, 15) is 14.3 Å². The number of hydrogen-bond acceptors (Lipinski definition) is 6. The number of benzene rings is 1. The van der Waals surface area contributed by atoms with Crippen LogP contribution in [-0.2, 0) is 25.2 Å². The van der Waals surface area contributed by atoms with Crippen molar-refractivity contribution in [3.05, 3.63) is 35.4 Å². The molecule has 0 aliphatic carbocycles. The summed E-state index contributed by atoms with van der Waals surface area (Å²) in [5, 5.41) is 12.4. The predicted octanol–water partition coefficient (Wildman–Crippen LogP) is 1.91. The van der Waals surface area contributed by atoms with Crippen molar-refractivity contribution in [1.82, 2.24) is 5.32 Å². The number of carboxylic acid groups (broad SMARTS) is 1. The molecule has 0 spiro atoms. The van der Waals surface area contributed by atoms with Crippen molar-refractivity contribution in [2.45, 2.75) is 38.4 Å². The molecule has 1 aliphatic heterocycles. The smallest absolute Gasteiger partial charge is 0.335 e. The van der Waals surface area contributed by atoms with Gasteiger partial charge >= 0.3 is 5.97 Å². The Hall–Kier alpha value is -1.28. The molecule has 9 heteroatoms. The molecule has 1 unspecified atom stereocenters. The van der Waals surface area contributed by atoms with Gasteiger partial charge in [0.1, 0.15) is 0 Å². The van der Waals surface area contributed by atoms with Crippen LogP contribution in [0.1, 0.15) is 29.8 Å². The molecule has 2 rings (SSSR count). The van der Waals surface area contributed by atoms with Gasteiger partial charge < -0.3 is 29.5 Å². The largest absolute Gasteiger partial charge is 0.478 e. The first-order valence-electron chi connectivity index (χ1n) is 9.07. The van der Waals surface area contributed by atoms with E-state index in [1.54, 1.807) is 32.0 Å². The van der Waals surface area contributed by atoms with E-state index < -0.39 is 25.5 Å². The van der Waals surface area contributed by atoms with Gasteiger partial charge in [-0.25, -0.2) is 4.79 Å². The van der Waals surface area contributed by atoms with Crippen molar-refractivity contribution >= 4 is 13.3 Å². The maximum Gasteiger partial charge on any atom is 0.335 e. The van der Waals surface area contributed by atoms with E-state index in [0.29, 0.717) is 19.6 Å². The molecule has 1 aliphatic rings. The summed E-state index contributed by atoms with van der Waals surface area (Å²) in [5.41, 5.74) is 1.15. The number of ether oxygens (including phenoxy) is 3. The molecular weight excluding hydrogens is 373 g/mol. The third kappa shape index (κ3) is 6.68. The number of rotatable bonds is 10. The highest BCUT2D eigenvalue weighted by molar-refractivity contribution is 7.58. The molecule has 0 aromatic heterocycles. The van der Waals surface area contributed by atoms with Gasteiger partial charge in [0.05, 0.1) is 24.4 Å². The molecule has 3 N–H and O–H groups in total. The lowest BCUT2D eigenvalue weighted by molar-refractivity contribution is -0.0884. The molecule has 1 saturated heterocycles. The molecule has 1 fully saturated rings. The second kappa shape index (κ2) is 10.3. The van der Waals surface area contributed by atoms with E-state index in [1.165, 1.54) is 0 Å². The lowest BCUT2D eigenvalue weighted by Crippen LogP contribution is -2.48. The summed E-state index contributed by atoms with van der Waals surface area (Å²) < 4.78 is 28.9. The van der Waals surface area contributed by atoms with Crippen LogP contribution in [0, 0.1) is 0 Å². The minimum absolute atomic E-state index is 0.0120. The van der Waals surface area contributed by atoms with Crippen LogP contribution in [0.5, 0.6) is 0 Å². The first-order valence-corrected chi connectivity index (χ1v) is 11.0. The highest BCUT2D eigenvalue weighted by Crippen LogP contribution is 2.48. The topological polar surface area (TPSA) is 114 Å². The lowest BCUT2D eigenvalue weighted by Gasteiger charge is -2.32. The molecular formula is C18H28NO7P. The lowest BCUT2D eigenvalue weighted by atomic mass is 10.0. The first kappa shape index (κ1) is 22.0. The second-order valence-electron chi connectivity index (χ2n) is 6.43. The number of aromatic carboxylic acids is 1. The van der Waals surface area contributed by atoms with E-state index in [0.717, 1.165) is 5.56 Å². The van der Waals surface area contributed by atoms with Crippen LogP contribution in [0.2, 0.25) is 0 Å². The van der Waals surface area contributed by atoms with Gasteiger partial charge in [0.15, 0.2) is 0 Å². The molecule has 0 saturated carbocycles. The summed E-state index contributed by atoms with van der Waals surface area (Å²) in [6.45, 7) is 4.87. The van der Waals surface area contributed by atoms with E-state index in [-0.39, 0.29) is 31.0 Å². The monoisotopic (exact) mass is 401 g/mol. The van der Waals surface area contributed by atoms with Crippen LogP contribution in [0.25, 0.3) is 0 Å². The minimum atomic E-state index is -3.68. The van der Waals surface area contributed by atoms with Crippen molar-refractivity contribution < 1.29 is 33.6 Å². The zero-order valence-electron chi connectivity index (χ0n) is 15.7. The number of carbonyl (C=O) groups is 1. The first-order chi connectivity index (χ1) is 12.9. The Balaban J connectivity index is 1.86. The van der Waals surface area contributed by atoms with Gasteiger partial charge in [0, 0.05) is 25.8 Å². The molecule has 1 heterocycles. The van der Waals surface area contributed by atoms with Gasteiger partial charge in [-0.3, -0.25) is 4.57 Å². The third-order valence-electron chi connectivity index (χ3n) is 4.24. The molecule has 152 valence electrons. The normalized spacial score (nSPS) is 22.5. The van der Waals surface area contributed by atoms with E-state index in [2.05, 4.69) is 5.32 Å². The van der Waals surface area contributed by atoms with Gasteiger partial charge in [-0.2, -0.15) is 0 Å². The number of carboxylic acids is 1. The average molecular weight is 401 g/mol. The fraction of sp³-hybridized carbons (Fsp3) is 0.611. The maximum absolute atomic E-state index is 12.6. The number of morpholine rings is 1. The third-order valence-corrected chi connectivity index (χ3v) is 6.12. The molecule has 0 bridgehead atoms. The Labute approximate surface area is 159 Å². The van der Waals surface area contributed by atoms with Crippen LogP contribution in [0.3, 0.4) is 0 Å². The van der Waals surface area contributed by atoms with Crippen LogP contribution in [-0.4, -0.2) is 66.7 Å². The summed E-state index contributed by atoms with van der Waals surface area (Å²) in [4.78, 5) is 21.4. The molecule has 1 aromatic carbocycles. The van der Waals surface area contributed by atoms with Crippen molar-refractivity contribution in [3.63, 3.8) is 0 Å². The van der Waals surface area contributed by atoms with Gasteiger partial charge in [-0.1, -0.05) is 12.1 Å². The van der Waals surface area contributed by atoms with Crippen molar-refractivity contribution in [2.75, 3.05) is 32.5 Å². The van der Waals surface area contributed by atoms with Crippen LogP contribution in [0.15, 0.2) is 24.3 Å². The molecule has 1 aromatic rings. The molecule has 3 atom stereocenters. The zero-order valence-corrected chi connectivity index (χ0v) is 16.6. The fourth-order valence-electron chi connectivity index (χ4n) is 2.98. The molecule has 0 amide bonds. The molecule has 8 nitrogen and oxygen atoms in total. The Morgan fingerprint density at radius 3 is 2.63 bits per heavy atom. The van der Waals surface area contributed by atoms with E-state index in [1.807, 2.05) is 6.07 Å². The molecule has 27 heavy (non-hydrogen) atoms. The van der Waals surface area contributed by atoms with Crippen molar-refractivity contribution in [3.8, 4) is 0 Å². The highest BCUT2D eigenvalue weighted by atomic mass is 31.2. The van der Waals surface area contributed by atoms with E-state index in [4.69, 9.17) is 19.3 Å². The minimum Gasteiger partial charge on any atom is -0.478 e. The Bertz CT molecular complexity index is 655. The average Bonchev–Trinajstić information content (AvgIpc) is 2.63. The quantitative estimate of drug-likeness (QED) is 0.402. The summed E-state index contributed by atoms with van der Waals surface area (Å²) in [5.74, 6) is -0.957. The summed E-state index contributed by atoms with van der Waals surface area (Å²) >= 11 is 0. The van der Waals surface area contributed by atoms with Crippen molar-refractivity contribution in [2.24, 2.45) is 0 Å². The summed E-state index contributed by atoms with van der Waals surface area (Å²) in [6, 6.07) is 5.67. The van der Waals surface area contributed by atoms with Crippen molar-refractivity contribution in [1.29, 1.82) is 0 Å². The zero-order chi connectivity index (χ0) is 19.9. The Morgan fingerprint density at radius 1 is 1.37 bits per heavy atom. The van der Waals surface area contributed by atoms with Gasteiger partial charge in [-0.15, -0.1) is 0 Å². The molecule has 0 radical (unpaired) electrons. The van der Waals surface area contributed by atoms with Gasteiger partial charge in [-0.05, 0) is 38.0 Å². The van der Waals surface area contributed by atoms with Crippen LogP contribution >= 0.6 is 7.37 Å². The van der Waals surface area contributed by atoms with Crippen LogP contribution < -0.4 is 5.32 Å². The maximum atomic E-state index is 12.6. The number of hydrogen-bond donors (Lipinski definition) is 3. The van der Waals surface area contributed by atoms with E-state index >= 15 is 0 Å². The summed E-state index contributed by atoms with van der Waals surface area (Å²) in [6.07, 6.45) is 0.155. The summed E-state index contributed by atoms with van der Waals surface area (Å²) in [7, 11) is -3.68. The Morgan fingerprint density at radius 2 is 2.07 bits per heavy atom. The predicted molar refractivity (Wildman–Crippen MR) is 100 cm³/mol. The highest BCUT2D eigenvalue weighted by Gasteiger charge is 2.37. The van der Waals surface area contributed by atoms with Crippen LogP contribution in [0.4, 0.5) is 0 Å². The fourth-order valence-corrected chi connectivity index (χ4v) is 4.73. The van der Waals surface area contributed by atoms with Gasteiger partial charge in [0.25, 0.3) is 7.37 Å². The Kier molecular flexibility index (Phi) is 8.41. The standard InChI is InChI=1S/C18H28NO7P/c1-3-24-18(25-4-2)27(22,23)12-16-10-19-15(11-26-16)9-13-6-5-7-14(8-13)17(20)21/h5-8,15-16,18-19H,3-4,9-12H2,1-2H3,(H,20,21)(H,22,23)/t15-,16+/m1/s1.